The van der Waals surface area contributed by atoms with Crippen LogP contribution in [0.5, 0.6) is 0 Å². The van der Waals surface area contributed by atoms with Crippen molar-refractivity contribution in [1.29, 1.82) is 0 Å². The Morgan fingerprint density at radius 1 is 1.14 bits per heavy atom. The Morgan fingerprint density at radius 3 is 2.43 bits per heavy atom. The van der Waals surface area contributed by atoms with E-state index in [1.54, 1.807) is 4.90 Å². The minimum absolute atomic E-state index is 0.0726. The third-order valence-corrected chi connectivity index (χ3v) is 6.73. The average molecular weight is 494 g/mol. The molecule has 0 unspecified atom stereocenters. The zero-order valence-electron chi connectivity index (χ0n) is 18.8. The van der Waals surface area contributed by atoms with Crippen LogP contribution in [0, 0.1) is 5.95 Å². The first-order chi connectivity index (χ1) is 16.6. The fourth-order valence-electron chi connectivity index (χ4n) is 4.66. The van der Waals surface area contributed by atoms with E-state index >= 15 is 0 Å². The maximum Gasteiger partial charge on any atom is 0.416 e. The lowest BCUT2D eigenvalue weighted by molar-refractivity contribution is -0.139. The summed E-state index contributed by atoms with van der Waals surface area (Å²) in [5, 5.41) is 16.6. The molecule has 1 aromatic heterocycles. The van der Waals surface area contributed by atoms with E-state index in [1.807, 2.05) is 0 Å². The Balaban J connectivity index is 1.39. The molecule has 7 nitrogen and oxygen atoms in total. The van der Waals surface area contributed by atoms with Gasteiger partial charge in [0.15, 0.2) is 0 Å². The zero-order chi connectivity index (χ0) is 25.2. The molecule has 11 heteroatoms. The van der Waals surface area contributed by atoms with Gasteiger partial charge < -0.3 is 20.6 Å². The van der Waals surface area contributed by atoms with Gasteiger partial charge >= 0.3 is 6.18 Å². The highest BCUT2D eigenvalue weighted by Gasteiger charge is 2.41. The molecule has 2 amide bonds. The van der Waals surface area contributed by atoms with Crippen LogP contribution in [0.25, 0.3) is 0 Å². The van der Waals surface area contributed by atoms with E-state index in [1.165, 1.54) is 24.4 Å². The number of hydrogen-bond donors (Lipinski definition) is 3. The van der Waals surface area contributed by atoms with Crippen LogP contribution in [0.4, 0.5) is 17.6 Å². The van der Waals surface area contributed by atoms with Crippen molar-refractivity contribution in [2.75, 3.05) is 19.6 Å². The van der Waals surface area contributed by atoms with Gasteiger partial charge in [-0.15, -0.1) is 0 Å². The maximum absolute atomic E-state index is 13.2. The number of alkyl halides is 3. The van der Waals surface area contributed by atoms with Crippen LogP contribution in [-0.4, -0.2) is 58.5 Å². The molecule has 0 radical (unpaired) electrons. The number of amides is 2. The summed E-state index contributed by atoms with van der Waals surface area (Å²) < 4.78 is 52.0. The standard InChI is InChI=1S/C24H26F4N4O3/c25-20-5-4-17(11-30-20)23(35)8-6-18(7-9-23)32(19-12-29-13-19)21(33)14-31-22(34)15-2-1-3-16(10-15)24(26,27)28/h1-5,10-11,18-19,29,35H,6-9,12-14H2,(H,31,34). The first-order valence-corrected chi connectivity index (χ1v) is 11.4. The van der Waals surface area contributed by atoms with Crippen LogP contribution in [0.1, 0.15) is 47.2 Å². The van der Waals surface area contributed by atoms with Crippen molar-refractivity contribution in [3.63, 3.8) is 0 Å². The summed E-state index contributed by atoms with van der Waals surface area (Å²) >= 11 is 0. The number of pyridine rings is 1. The molecule has 0 atom stereocenters. The normalized spacial score (nSPS) is 22.8. The van der Waals surface area contributed by atoms with Crippen LogP contribution in [0.15, 0.2) is 42.6 Å². The number of carbonyl (C=O) groups is 2. The van der Waals surface area contributed by atoms with Crippen LogP contribution in [0.3, 0.4) is 0 Å². The Labute approximate surface area is 199 Å². The van der Waals surface area contributed by atoms with Gasteiger partial charge in [0.2, 0.25) is 11.9 Å². The average Bonchev–Trinajstić information content (AvgIpc) is 2.80. The first-order valence-electron chi connectivity index (χ1n) is 11.4. The molecule has 0 bridgehead atoms. The number of benzene rings is 1. The van der Waals surface area contributed by atoms with E-state index in [0.29, 0.717) is 44.3 Å². The molecular weight excluding hydrogens is 468 g/mol. The fraction of sp³-hybridized carbons (Fsp3) is 0.458. The molecule has 0 spiro atoms. The number of aliphatic hydroxyl groups is 1. The third kappa shape index (κ3) is 5.62. The lowest BCUT2D eigenvalue weighted by atomic mass is 9.77. The van der Waals surface area contributed by atoms with Gasteiger partial charge in [0.1, 0.15) is 0 Å². The van der Waals surface area contributed by atoms with Crippen LogP contribution in [-0.2, 0) is 16.6 Å². The highest BCUT2D eigenvalue weighted by atomic mass is 19.4. The van der Waals surface area contributed by atoms with Crippen molar-refractivity contribution in [3.8, 4) is 0 Å². The van der Waals surface area contributed by atoms with Gasteiger partial charge in [-0.05, 0) is 49.9 Å². The summed E-state index contributed by atoms with van der Waals surface area (Å²) in [7, 11) is 0. The monoisotopic (exact) mass is 494 g/mol. The van der Waals surface area contributed by atoms with Gasteiger partial charge in [0.05, 0.1) is 23.8 Å². The number of halogens is 4. The summed E-state index contributed by atoms with van der Waals surface area (Å²) in [6.45, 7) is 0.833. The van der Waals surface area contributed by atoms with Crippen molar-refractivity contribution in [3.05, 3.63) is 65.2 Å². The molecule has 3 N–H and O–H groups in total. The minimum atomic E-state index is -4.58. The molecule has 1 aliphatic heterocycles. The maximum atomic E-state index is 13.2. The van der Waals surface area contributed by atoms with Crippen molar-refractivity contribution in [2.24, 2.45) is 0 Å². The van der Waals surface area contributed by atoms with Crippen LogP contribution >= 0.6 is 0 Å². The molecule has 4 rings (SSSR count). The van der Waals surface area contributed by atoms with Crippen LogP contribution < -0.4 is 10.6 Å². The smallest absolute Gasteiger partial charge is 0.385 e. The van der Waals surface area contributed by atoms with E-state index < -0.39 is 29.2 Å². The van der Waals surface area contributed by atoms with Crippen molar-refractivity contribution < 1.29 is 32.3 Å². The summed E-state index contributed by atoms with van der Waals surface area (Å²) in [6.07, 6.45) is -1.56. The molecule has 2 aromatic rings. The third-order valence-electron chi connectivity index (χ3n) is 6.73. The van der Waals surface area contributed by atoms with E-state index in [-0.39, 0.29) is 30.1 Å². The molecule has 1 saturated carbocycles. The zero-order valence-corrected chi connectivity index (χ0v) is 18.8. The van der Waals surface area contributed by atoms with Crippen molar-refractivity contribution in [1.82, 2.24) is 20.5 Å². The molecule has 2 aliphatic rings. The van der Waals surface area contributed by atoms with Gasteiger partial charge in [0.25, 0.3) is 5.91 Å². The first kappa shape index (κ1) is 25.1. The topological polar surface area (TPSA) is 94.6 Å². The highest BCUT2D eigenvalue weighted by molar-refractivity contribution is 5.96. The molecule has 1 aliphatic carbocycles. The van der Waals surface area contributed by atoms with Crippen molar-refractivity contribution in [2.45, 2.75) is 49.5 Å². The molecular formula is C24H26F4N4O3. The minimum Gasteiger partial charge on any atom is -0.385 e. The van der Waals surface area contributed by atoms with E-state index in [4.69, 9.17) is 0 Å². The lowest BCUT2D eigenvalue weighted by Crippen LogP contribution is -2.63. The number of nitrogens with zero attached hydrogens (tertiary/aromatic N) is 2. The number of aromatic nitrogens is 1. The Bertz CT molecular complexity index is 1070. The van der Waals surface area contributed by atoms with Gasteiger partial charge in [-0.1, -0.05) is 12.1 Å². The number of hydrogen-bond acceptors (Lipinski definition) is 5. The predicted molar refractivity (Wildman–Crippen MR) is 118 cm³/mol. The van der Waals surface area contributed by atoms with E-state index in [2.05, 4.69) is 15.6 Å². The predicted octanol–water partition coefficient (Wildman–Crippen LogP) is 2.60. The van der Waals surface area contributed by atoms with Gasteiger partial charge in [-0.25, -0.2) is 4.98 Å². The lowest BCUT2D eigenvalue weighted by Gasteiger charge is -2.47. The second-order valence-corrected chi connectivity index (χ2v) is 9.01. The van der Waals surface area contributed by atoms with Gasteiger partial charge in [-0.2, -0.15) is 17.6 Å². The molecule has 188 valence electrons. The molecule has 35 heavy (non-hydrogen) atoms. The highest BCUT2D eigenvalue weighted by Crippen LogP contribution is 2.39. The fourth-order valence-corrected chi connectivity index (χ4v) is 4.66. The second kappa shape index (κ2) is 9.90. The molecule has 1 saturated heterocycles. The molecule has 2 heterocycles. The van der Waals surface area contributed by atoms with E-state index in [0.717, 1.165) is 18.2 Å². The molecule has 2 fully saturated rings. The van der Waals surface area contributed by atoms with Crippen LogP contribution in [0.2, 0.25) is 0 Å². The summed E-state index contributed by atoms with van der Waals surface area (Å²) in [5.41, 5.74) is -1.76. The Morgan fingerprint density at radius 2 is 1.86 bits per heavy atom. The second-order valence-electron chi connectivity index (χ2n) is 9.01. The molecule has 1 aromatic carbocycles. The largest absolute Gasteiger partial charge is 0.416 e. The van der Waals surface area contributed by atoms with E-state index in [9.17, 15) is 32.3 Å². The van der Waals surface area contributed by atoms with Gasteiger partial charge in [0, 0.05) is 36.5 Å². The number of carbonyl (C=O) groups excluding carboxylic acids is 2. The quantitative estimate of drug-likeness (QED) is 0.424. The summed E-state index contributed by atoms with van der Waals surface area (Å²) in [4.78, 5) is 30.8. The summed E-state index contributed by atoms with van der Waals surface area (Å²) in [5.74, 6) is -1.74. The number of rotatable bonds is 6. The number of nitrogens with one attached hydrogen (secondary N) is 2. The Kier molecular flexibility index (Phi) is 7.09. The Hall–Kier alpha value is -3.05. The SMILES string of the molecule is O=C(NCC(=O)N(C1CCC(O)(c2ccc(F)nc2)CC1)C1CNC1)c1cccc(C(F)(F)F)c1. The van der Waals surface area contributed by atoms with Crippen molar-refractivity contribution >= 4 is 11.8 Å². The van der Waals surface area contributed by atoms with Gasteiger partial charge in [-0.3, -0.25) is 9.59 Å². The summed E-state index contributed by atoms with van der Waals surface area (Å²) in [6, 6.07) is 6.48.